The third-order valence-electron chi connectivity index (χ3n) is 3.72. The van der Waals surface area contributed by atoms with Gasteiger partial charge in [-0.2, -0.15) is 0 Å². The van der Waals surface area contributed by atoms with E-state index in [0.29, 0.717) is 6.04 Å². The minimum absolute atomic E-state index is 0.420. The lowest BCUT2D eigenvalue weighted by atomic mass is 9.82. The molecule has 3 rings (SSSR count). The second-order valence-corrected chi connectivity index (χ2v) is 5.22. The first-order valence-electron chi connectivity index (χ1n) is 6.30. The standard InChI is InChI=1S/C13H17N5/c1-8-6-10(7-8)18-13(15-16-17-18)12-9(2)4-3-5-11(12)14/h3-5,8,10H,6-7,14H2,1-2H3. The Morgan fingerprint density at radius 2 is 2.11 bits per heavy atom. The number of tetrazole rings is 1. The summed E-state index contributed by atoms with van der Waals surface area (Å²) in [5.41, 5.74) is 8.86. The summed E-state index contributed by atoms with van der Waals surface area (Å²) in [5, 5.41) is 12.1. The van der Waals surface area contributed by atoms with E-state index in [1.807, 2.05) is 29.8 Å². The maximum atomic E-state index is 6.06. The van der Waals surface area contributed by atoms with E-state index in [4.69, 9.17) is 5.73 Å². The van der Waals surface area contributed by atoms with Crippen molar-refractivity contribution in [3.05, 3.63) is 23.8 Å². The molecule has 0 spiro atoms. The SMILES string of the molecule is Cc1cccc(N)c1-c1nnnn1C1CC(C)C1. The number of nitrogen functional groups attached to an aromatic ring is 1. The van der Waals surface area contributed by atoms with E-state index < -0.39 is 0 Å². The normalized spacial score (nSPS) is 22.8. The van der Waals surface area contributed by atoms with Crippen molar-refractivity contribution >= 4 is 5.69 Å². The minimum atomic E-state index is 0.420. The summed E-state index contributed by atoms with van der Waals surface area (Å²) < 4.78 is 1.93. The van der Waals surface area contributed by atoms with Gasteiger partial charge in [-0.3, -0.25) is 0 Å². The molecule has 0 radical (unpaired) electrons. The van der Waals surface area contributed by atoms with Crippen LogP contribution in [0.25, 0.3) is 11.4 Å². The second-order valence-electron chi connectivity index (χ2n) is 5.22. The highest BCUT2D eigenvalue weighted by Crippen LogP contribution is 2.39. The van der Waals surface area contributed by atoms with Crippen LogP contribution in [0.1, 0.15) is 31.4 Å². The number of nitrogens with zero attached hydrogens (tertiary/aromatic N) is 4. The van der Waals surface area contributed by atoms with Crippen molar-refractivity contribution in [3.63, 3.8) is 0 Å². The summed E-state index contributed by atoms with van der Waals surface area (Å²) in [6, 6.07) is 6.30. The highest BCUT2D eigenvalue weighted by Gasteiger charge is 2.30. The number of hydrogen-bond acceptors (Lipinski definition) is 4. The molecule has 2 aromatic rings. The first-order chi connectivity index (χ1) is 8.66. The zero-order valence-corrected chi connectivity index (χ0v) is 10.7. The van der Waals surface area contributed by atoms with E-state index in [1.54, 1.807) is 0 Å². The molecular weight excluding hydrogens is 226 g/mol. The van der Waals surface area contributed by atoms with Gasteiger partial charge < -0.3 is 5.73 Å². The molecule has 1 aliphatic carbocycles. The molecule has 5 heteroatoms. The van der Waals surface area contributed by atoms with Gasteiger partial charge in [-0.15, -0.1) is 5.10 Å². The first kappa shape index (κ1) is 11.2. The van der Waals surface area contributed by atoms with Gasteiger partial charge in [0, 0.05) is 11.3 Å². The predicted molar refractivity (Wildman–Crippen MR) is 69.8 cm³/mol. The van der Waals surface area contributed by atoms with Crippen LogP contribution in [0.5, 0.6) is 0 Å². The minimum Gasteiger partial charge on any atom is -0.398 e. The lowest BCUT2D eigenvalue weighted by Gasteiger charge is -2.32. The molecule has 94 valence electrons. The number of nitrogens with two attached hydrogens (primary N) is 1. The van der Waals surface area contributed by atoms with E-state index in [2.05, 4.69) is 22.4 Å². The van der Waals surface area contributed by atoms with Crippen LogP contribution in [0.4, 0.5) is 5.69 Å². The molecule has 1 saturated carbocycles. The lowest BCUT2D eigenvalue weighted by Crippen LogP contribution is -2.26. The Kier molecular flexibility index (Phi) is 2.54. The molecule has 0 amide bonds. The largest absolute Gasteiger partial charge is 0.398 e. The number of aryl methyl sites for hydroxylation is 1. The summed E-state index contributed by atoms with van der Waals surface area (Å²) in [6.45, 7) is 4.29. The Bertz CT molecular complexity index is 548. The third-order valence-corrected chi connectivity index (χ3v) is 3.72. The van der Waals surface area contributed by atoms with Crippen molar-refractivity contribution in [2.75, 3.05) is 5.73 Å². The van der Waals surface area contributed by atoms with E-state index in [9.17, 15) is 0 Å². The van der Waals surface area contributed by atoms with Crippen molar-refractivity contribution in [3.8, 4) is 11.4 Å². The predicted octanol–water partition coefficient (Wildman–Crippen LogP) is 2.20. The monoisotopic (exact) mass is 243 g/mol. The van der Waals surface area contributed by atoms with Crippen molar-refractivity contribution < 1.29 is 0 Å². The van der Waals surface area contributed by atoms with Gasteiger partial charge in [0.15, 0.2) is 5.82 Å². The smallest absolute Gasteiger partial charge is 0.184 e. The number of aromatic nitrogens is 4. The number of rotatable bonds is 2. The van der Waals surface area contributed by atoms with Gasteiger partial charge in [-0.1, -0.05) is 19.1 Å². The van der Waals surface area contributed by atoms with E-state index in [0.717, 1.165) is 41.4 Å². The first-order valence-corrected chi connectivity index (χ1v) is 6.30. The van der Waals surface area contributed by atoms with Crippen LogP contribution < -0.4 is 5.73 Å². The Labute approximate surface area is 106 Å². The van der Waals surface area contributed by atoms with Crippen LogP contribution >= 0.6 is 0 Å². The number of benzene rings is 1. The Hall–Kier alpha value is -1.91. The summed E-state index contributed by atoms with van der Waals surface area (Å²) in [7, 11) is 0. The van der Waals surface area contributed by atoms with Gasteiger partial charge >= 0.3 is 0 Å². The van der Waals surface area contributed by atoms with Crippen LogP contribution in [0.15, 0.2) is 18.2 Å². The molecular formula is C13H17N5. The van der Waals surface area contributed by atoms with Gasteiger partial charge in [0.2, 0.25) is 0 Å². The molecule has 1 aromatic carbocycles. The summed E-state index contributed by atoms with van der Waals surface area (Å²) in [6.07, 6.45) is 2.29. The van der Waals surface area contributed by atoms with Crippen LogP contribution in [0, 0.1) is 12.8 Å². The molecule has 1 aromatic heterocycles. The fourth-order valence-electron chi connectivity index (χ4n) is 2.66. The van der Waals surface area contributed by atoms with E-state index >= 15 is 0 Å². The van der Waals surface area contributed by atoms with Gasteiger partial charge in [0.25, 0.3) is 0 Å². The Balaban J connectivity index is 2.05. The highest BCUT2D eigenvalue weighted by molar-refractivity contribution is 5.74. The maximum Gasteiger partial charge on any atom is 0.184 e. The molecule has 0 aliphatic heterocycles. The number of hydrogen-bond donors (Lipinski definition) is 1. The molecule has 0 atom stereocenters. The van der Waals surface area contributed by atoms with Gasteiger partial charge in [0.1, 0.15) is 0 Å². The highest BCUT2D eigenvalue weighted by atomic mass is 15.6. The van der Waals surface area contributed by atoms with Crippen LogP contribution in [0.2, 0.25) is 0 Å². The Morgan fingerprint density at radius 3 is 2.78 bits per heavy atom. The summed E-state index contributed by atoms with van der Waals surface area (Å²) in [4.78, 5) is 0. The fraction of sp³-hybridized carbons (Fsp3) is 0.462. The molecule has 1 fully saturated rings. The molecule has 0 unspecified atom stereocenters. The van der Waals surface area contributed by atoms with Crippen LogP contribution in [0.3, 0.4) is 0 Å². The van der Waals surface area contributed by atoms with Crippen molar-refractivity contribution in [2.24, 2.45) is 5.92 Å². The van der Waals surface area contributed by atoms with Crippen molar-refractivity contribution in [1.82, 2.24) is 20.2 Å². The second kappa shape index (κ2) is 4.08. The van der Waals surface area contributed by atoms with Gasteiger partial charge in [0.05, 0.1) is 6.04 Å². The van der Waals surface area contributed by atoms with E-state index in [-0.39, 0.29) is 0 Å². The zero-order valence-electron chi connectivity index (χ0n) is 10.7. The lowest BCUT2D eigenvalue weighted by molar-refractivity contribution is 0.199. The fourth-order valence-corrected chi connectivity index (χ4v) is 2.66. The molecule has 1 aliphatic rings. The zero-order chi connectivity index (χ0) is 12.7. The average Bonchev–Trinajstić information content (AvgIpc) is 2.73. The van der Waals surface area contributed by atoms with E-state index in [1.165, 1.54) is 0 Å². The van der Waals surface area contributed by atoms with Crippen molar-refractivity contribution in [2.45, 2.75) is 32.7 Å². The molecule has 18 heavy (non-hydrogen) atoms. The van der Waals surface area contributed by atoms with Crippen molar-refractivity contribution in [1.29, 1.82) is 0 Å². The third kappa shape index (κ3) is 1.66. The molecule has 2 N–H and O–H groups in total. The summed E-state index contributed by atoms with van der Waals surface area (Å²) in [5.74, 6) is 1.56. The van der Waals surface area contributed by atoms with Gasteiger partial charge in [-0.05, 0) is 47.7 Å². The van der Waals surface area contributed by atoms with Crippen LogP contribution in [-0.2, 0) is 0 Å². The molecule has 1 heterocycles. The number of anilines is 1. The van der Waals surface area contributed by atoms with Gasteiger partial charge in [-0.25, -0.2) is 4.68 Å². The topological polar surface area (TPSA) is 69.6 Å². The molecule has 0 saturated heterocycles. The van der Waals surface area contributed by atoms with Crippen LogP contribution in [-0.4, -0.2) is 20.2 Å². The average molecular weight is 243 g/mol. The Morgan fingerprint density at radius 1 is 1.33 bits per heavy atom. The maximum absolute atomic E-state index is 6.06. The summed E-state index contributed by atoms with van der Waals surface area (Å²) >= 11 is 0. The molecule has 0 bridgehead atoms. The quantitative estimate of drug-likeness (QED) is 0.821. The molecule has 5 nitrogen and oxygen atoms in total.